The predicted octanol–water partition coefficient (Wildman–Crippen LogP) is 5.06. The topological polar surface area (TPSA) is 24.9 Å². The molecule has 2 unspecified atom stereocenters. The fourth-order valence-corrected chi connectivity index (χ4v) is 3.51. The Labute approximate surface area is 132 Å². The molecule has 0 saturated carbocycles. The van der Waals surface area contributed by atoms with Crippen LogP contribution in [0.3, 0.4) is 0 Å². The Balaban J connectivity index is 2.00. The molecule has 0 amide bonds. The van der Waals surface area contributed by atoms with Gasteiger partial charge in [-0.25, -0.2) is 4.98 Å². The second kappa shape index (κ2) is 7.19. The number of hydrogen-bond acceptors (Lipinski definition) is 3. The minimum absolute atomic E-state index is 0.336. The quantitative estimate of drug-likeness (QED) is 0.806. The molecule has 2 nitrogen and oxygen atoms in total. The maximum atomic E-state index is 4.34. The fraction of sp³-hybridized carbons (Fsp3) is 0.500. The lowest BCUT2D eigenvalue weighted by Gasteiger charge is -2.20. The van der Waals surface area contributed by atoms with Crippen molar-refractivity contribution in [2.24, 2.45) is 5.92 Å². The number of hydrogen-bond donors (Lipinski definition) is 1. The molecule has 3 heteroatoms. The van der Waals surface area contributed by atoms with Gasteiger partial charge in [0.05, 0.1) is 11.2 Å². The number of aryl methyl sites for hydroxylation is 1. The maximum absolute atomic E-state index is 4.34. The Hall–Kier alpha value is -1.19. The van der Waals surface area contributed by atoms with E-state index in [0.717, 1.165) is 12.1 Å². The van der Waals surface area contributed by atoms with Crippen molar-refractivity contribution in [1.29, 1.82) is 0 Å². The number of benzene rings is 1. The summed E-state index contributed by atoms with van der Waals surface area (Å²) in [6.45, 7) is 11.0. The molecule has 0 fully saturated rings. The summed E-state index contributed by atoms with van der Waals surface area (Å²) in [4.78, 5) is 5.67. The summed E-state index contributed by atoms with van der Waals surface area (Å²) in [5.41, 5.74) is 5.83. The molecule has 0 aliphatic heterocycles. The fourth-order valence-electron chi connectivity index (χ4n) is 2.69. The number of thiazole rings is 1. The highest BCUT2D eigenvalue weighted by molar-refractivity contribution is 7.09. The molecular formula is C18H26N2S. The van der Waals surface area contributed by atoms with E-state index in [1.807, 2.05) is 5.51 Å². The van der Waals surface area contributed by atoms with E-state index in [1.54, 1.807) is 11.3 Å². The van der Waals surface area contributed by atoms with Crippen LogP contribution in [-0.4, -0.2) is 4.98 Å². The summed E-state index contributed by atoms with van der Waals surface area (Å²) in [5.74, 6) is 0.709. The van der Waals surface area contributed by atoms with Crippen molar-refractivity contribution in [2.45, 2.75) is 53.1 Å². The lowest BCUT2D eigenvalue weighted by molar-refractivity contribution is 0.498. The zero-order valence-electron chi connectivity index (χ0n) is 13.7. The van der Waals surface area contributed by atoms with Crippen molar-refractivity contribution >= 4 is 11.3 Å². The third-order valence-electron chi connectivity index (χ3n) is 3.80. The average molecular weight is 302 g/mol. The highest BCUT2D eigenvalue weighted by Gasteiger charge is 2.14. The Morgan fingerprint density at radius 3 is 2.24 bits per heavy atom. The molecule has 0 radical (unpaired) electrons. The van der Waals surface area contributed by atoms with E-state index in [9.17, 15) is 0 Å². The van der Waals surface area contributed by atoms with E-state index in [1.165, 1.54) is 16.0 Å². The second-order valence-electron chi connectivity index (χ2n) is 6.25. The summed E-state index contributed by atoms with van der Waals surface area (Å²) < 4.78 is 0. The largest absolute Gasteiger partial charge is 0.303 e. The lowest BCUT2D eigenvalue weighted by Crippen LogP contribution is -2.22. The lowest BCUT2D eigenvalue weighted by atomic mass is 9.99. The zero-order valence-corrected chi connectivity index (χ0v) is 14.5. The van der Waals surface area contributed by atoms with E-state index in [0.29, 0.717) is 18.0 Å². The van der Waals surface area contributed by atoms with Crippen molar-refractivity contribution < 1.29 is 0 Å². The third-order valence-corrected chi connectivity index (χ3v) is 4.91. The van der Waals surface area contributed by atoms with Gasteiger partial charge in [0, 0.05) is 17.0 Å². The second-order valence-corrected chi connectivity index (χ2v) is 7.14. The number of nitrogens with zero attached hydrogens (tertiary/aromatic N) is 1. The maximum Gasteiger partial charge on any atom is 0.0798 e. The van der Waals surface area contributed by atoms with Gasteiger partial charge in [-0.2, -0.15) is 0 Å². The number of aromatic nitrogens is 1. The number of rotatable bonds is 6. The molecule has 114 valence electrons. The Bertz CT molecular complexity index is 557. The highest BCUT2D eigenvalue weighted by atomic mass is 32.1. The van der Waals surface area contributed by atoms with Crippen LogP contribution in [0.15, 0.2) is 29.8 Å². The van der Waals surface area contributed by atoms with E-state index in [4.69, 9.17) is 0 Å². The first-order valence-electron chi connectivity index (χ1n) is 7.72. The van der Waals surface area contributed by atoms with E-state index in [2.05, 4.69) is 69.2 Å². The van der Waals surface area contributed by atoms with Gasteiger partial charge in [0.25, 0.3) is 0 Å². The molecule has 1 N–H and O–H groups in total. The minimum atomic E-state index is 0.336. The van der Waals surface area contributed by atoms with Crippen molar-refractivity contribution in [3.05, 3.63) is 51.5 Å². The molecule has 2 atom stereocenters. The van der Waals surface area contributed by atoms with Crippen molar-refractivity contribution in [3.63, 3.8) is 0 Å². The molecule has 21 heavy (non-hydrogen) atoms. The van der Waals surface area contributed by atoms with Crippen LogP contribution >= 0.6 is 11.3 Å². The molecule has 0 aliphatic carbocycles. The van der Waals surface area contributed by atoms with Crippen LogP contribution in [0.25, 0.3) is 0 Å². The Morgan fingerprint density at radius 2 is 1.71 bits per heavy atom. The summed E-state index contributed by atoms with van der Waals surface area (Å²) in [7, 11) is 0. The van der Waals surface area contributed by atoms with Gasteiger partial charge in [-0.05, 0) is 44.2 Å². The van der Waals surface area contributed by atoms with E-state index in [-0.39, 0.29) is 0 Å². The van der Waals surface area contributed by atoms with Crippen LogP contribution in [0.2, 0.25) is 0 Å². The van der Waals surface area contributed by atoms with E-state index < -0.39 is 0 Å². The summed E-state index contributed by atoms with van der Waals surface area (Å²) in [6.07, 6.45) is 1.15. The summed E-state index contributed by atoms with van der Waals surface area (Å²) in [5, 5.41) is 3.67. The van der Waals surface area contributed by atoms with Gasteiger partial charge < -0.3 is 5.32 Å². The van der Waals surface area contributed by atoms with Crippen molar-refractivity contribution in [1.82, 2.24) is 10.3 Å². The first kappa shape index (κ1) is 16.2. The van der Waals surface area contributed by atoms with Crippen LogP contribution < -0.4 is 5.32 Å². The molecule has 0 aliphatic rings. The van der Waals surface area contributed by atoms with Gasteiger partial charge in [0.1, 0.15) is 0 Å². The monoisotopic (exact) mass is 302 g/mol. The normalized spacial score (nSPS) is 14.4. The minimum Gasteiger partial charge on any atom is -0.303 e. The first-order chi connectivity index (χ1) is 9.97. The van der Waals surface area contributed by atoms with Crippen LogP contribution in [0.5, 0.6) is 0 Å². The van der Waals surface area contributed by atoms with Gasteiger partial charge >= 0.3 is 0 Å². The molecule has 2 aromatic rings. The molecule has 0 bridgehead atoms. The summed E-state index contributed by atoms with van der Waals surface area (Å²) >= 11 is 1.73. The third kappa shape index (κ3) is 4.39. The van der Waals surface area contributed by atoms with Crippen LogP contribution in [0, 0.1) is 12.8 Å². The predicted molar refractivity (Wildman–Crippen MR) is 91.8 cm³/mol. The molecule has 1 heterocycles. The first-order valence-corrected chi connectivity index (χ1v) is 8.60. The van der Waals surface area contributed by atoms with Crippen molar-refractivity contribution in [2.75, 3.05) is 0 Å². The summed E-state index contributed by atoms with van der Waals surface area (Å²) in [6, 6.07) is 9.70. The molecular weight excluding hydrogens is 276 g/mol. The van der Waals surface area contributed by atoms with Crippen LogP contribution in [-0.2, 0) is 6.42 Å². The molecule has 0 saturated heterocycles. The van der Waals surface area contributed by atoms with Gasteiger partial charge in [-0.1, -0.05) is 38.1 Å². The van der Waals surface area contributed by atoms with Gasteiger partial charge in [-0.15, -0.1) is 11.3 Å². The molecule has 0 spiro atoms. The number of nitrogens with one attached hydrogen (secondary N) is 1. The average Bonchev–Trinajstić information content (AvgIpc) is 2.85. The van der Waals surface area contributed by atoms with E-state index >= 15 is 0 Å². The molecule has 1 aromatic carbocycles. The molecule has 1 aromatic heterocycles. The SMILES string of the molecule is Cc1ncsc1C(C)NC(C)c1ccc(CC(C)C)cc1. The highest BCUT2D eigenvalue weighted by Crippen LogP contribution is 2.25. The standard InChI is InChI=1S/C18H26N2S/c1-12(2)10-16-6-8-17(9-7-16)13(3)20-15(5)18-14(4)19-11-21-18/h6-9,11-13,15,20H,10H2,1-5H3. The van der Waals surface area contributed by atoms with Crippen molar-refractivity contribution in [3.8, 4) is 0 Å². The Morgan fingerprint density at radius 1 is 1.05 bits per heavy atom. The van der Waals surface area contributed by atoms with Crippen LogP contribution in [0.1, 0.15) is 61.5 Å². The van der Waals surface area contributed by atoms with Crippen LogP contribution in [0.4, 0.5) is 0 Å². The zero-order chi connectivity index (χ0) is 15.4. The van der Waals surface area contributed by atoms with Gasteiger partial charge in [0.15, 0.2) is 0 Å². The Kier molecular flexibility index (Phi) is 5.54. The van der Waals surface area contributed by atoms with Gasteiger partial charge in [-0.3, -0.25) is 0 Å². The smallest absolute Gasteiger partial charge is 0.0798 e. The van der Waals surface area contributed by atoms with Gasteiger partial charge in [0.2, 0.25) is 0 Å². The molecule has 2 rings (SSSR count).